The van der Waals surface area contributed by atoms with Crippen LogP contribution in [-0.2, 0) is 11.3 Å². The van der Waals surface area contributed by atoms with E-state index in [-0.39, 0.29) is 42.0 Å². The smallest absolute Gasteiger partial charge is 0.239 e. The fraction of sp³-hybridized carbons (Fsp3) is 0.333. The zero-order valence-electron chi connectivity index (χ0n) is 16.8. The average Bonchev–Trinajstić information content (AvgIpc) is 2.62. The summed E-state index contributed by atoms with van der Waals surface area (Å²) >= 11 is 0. The minimum Gasteiger partial charge on any atom is -0.457 e. The molecule has 0 aromatic heterocycles. The zero-order chi connectivity index (χ0) is 19.7. The van der Waals surface area contributed by atoms with Crippen molar-refractivity contribution in [2.75, 3.05) is 13.6 Å². The third-order valence-corrected chi connectivity index (χ3v) is 3.52. The molecule has 3 N–H and O–H groups in total. The van der Waals surface area contributed by atoms with E-state index in [1.807, 2.05) is 75.4 Å². The number of rotatable bonds is 6. The topological polar surface area (TPSA) is 74.8 Å². The molecule has 2 rings (SSSR count). The lowest BCUT2D eigenvalue weighted by Gasteiger charge is -2.21. The van der Waals surface area contributed by atoms with Gasteiger partial charge in [-0.3, -0.25) is 9.79 Å². The molecule has 152 valence electrons. The molecular formula is C21H29IN4O2. The molecule has 0 aliphatic rings. The quantitative estimate of drug-likeness (QED) is 0.324. The normalized spacial score (nSPS) is 11.2. The molecule has 0 aliphatic heterocycles. The van der Waals surface area contributed by atoms with Crippen LogP contribution in [0.4, 0.5) is 0 Å². The molecule has 0 atom stereocenters. The number of hydrogen-bond acceptors (Lipinski definition) is 3. The van der Waals surface area contributed by atoms with Gasteiger partial charge in [-0.15, -0.1) is 24.0 Å². The standard InChI is InChI=1S/C21H28N4O2.HI/c1-21(2,3)25-19(26)15-24-20(22-4)23-14-16-10-12-18(13-11-16)27-17-8-6-5-7-9-17;/h5-13H,14-15H2,1-4H3,(H,25,26)(H2,22,23,24);1H. The second-order valence-electron chi connectivity index (χ2n) is 7.14. The van der Waals surface area contributed by atoms with Crippen LogP contribution in [0.15, 0.2) is 59.6 Å². The summed E-state index contributed by atoms with van der Waals surface area (Å²) in [6.45, 7) is 6.60. The fourth-order valence-corrected chi connectivity index (χ4v) is 2.33. The Labute approximate surface area is 184 Å². The van der Waals surface area contributed by atoms with Crippen molar-refractivity contribution in [1.29, 1.82) is 0 Å². The predicted molar refractivity (Wildman–Crippen MR) is 124 cm³/mol. The number of hydrogen-bond donors (Lipinski definition) is 3. The summed E-state index contributed by atoms with van der Waals surface area (Å²) in [5, 5.41) is 9.10. The van der Waals surface area contributed by atoms with Crippen LogP contribution in [0.3, 0.4) is 0 Å². The SMILES string of the molecule is CN=C(NCC(=O)NC(C)(C)C)NCc1ccc(Oc2ccccc2)cc1.I. The van der Waals surface area contributed by atoms with E-state index in [1.165, 1.54) is 0 Å². The first-order valence-electron chi connectivity index (χ1n) is 8.93. The van der Waals surface area contributed by atoms with E-state index in [0.717, 1.165) is 17.1 Å². The van der Waals surface area contributed by atoms with Crippen LogP contribution in [0, 0.1) is 0 Å². The van der Waals surface area contributed by atoms with Gasteiger partial charge in [-0.1, -0.05) is 30.3 Å². The molecule has 0 saturated carbocycles. The van der Waals surface area contributed by atoms with Gasteiger partial charge in [-0.2, -0.15) is 0 Å². The van der Waals surface area contributed by atoms with Crippen molar-refractivity contribution in [3.05, 3.63) is 60.2 Å². The number of nitrogens with zero attached hydrogens (tertiary/aromatic N) is 1. The van der Waals surface area contributed by atoms with Crippen molar-refractivity contribution in [1.82, 2.24) is 16.0 Å². The van der Waals surface area contributed by atoms with E-state index in [0.29, 0.717) is 12.5 Å². The summed E-state index contributed by atoms with van der Waals surface area (Å²) in [6, 6.07) is 17.5. The van der Waals surface area contributed by atoms with Crippen LogP contribution in [0.1, 0.15) is 26.3 Å². The van der Waals surface area contributed by atoms with Crippen molar-refractivity contribution in [2.45, 2.75) is 32.9 Å². The lowest BCUT2D eigenvalue weighted by atomic mass is 10.1. The van der Waals surface area contributed by atoms with E-state index in [2.05, 4.69) is 20.9 Å². The van der Waals surface area contributed by atoms with Crippen molar-refractivity contribution >= 4 is 35.8 Å². The number of amides is 1. The van der Waals surface area contributed by atoms with Crippen molar-refractivity contribution in [2.24, 2.45) is 4.99 Å². The molecule has 1 amide bonds. The summed E-state index contributed by atoms with van der Waals surface area (Å²) < 4.78 is 5.78. The van der Waals surface area contributed by atoms with Crippen LogP contribution in [-0.4, -0.2) is 31.0 Å². The highest BCUT2D eigenvalue weighted by Crippen LogP contribution is 2.20. The van der Waals surface area contributed by atoms with Gasteiger partial charge in [0.25, 0.3) is 0 Å². The van der Waals surface area contributed by atoms with E-state index in [4.69, 9.17) is 4.74 Å². The number of aliphatic imine (C=N–C) groups is 1. The number of halogens is 1. The molecule has 0 fully saturated rings. The Balaban J connectivity index is 0.00000392. The molecule has 2 aromatic rings. The molecule has 0 saturated heterocycles. The van der Waals surface area contributed by atoms with Gasteiger partial charge in [-0.05, 0) is 50.6 Å². The monoisotopic (exact) mass is 496 g/mol. The van der Waals surface area contributed by atoms with Crippen molar-refractivity contribution in [3.63, 3.8) is 0 Å². The number of para-hydroxylation sites is 1. The van der Waals surface area contributed by atoms with Crippen LogP contribution in [0.25, 0.3) is 0 Å². The molecule has 0 radical (unpaired) electrons. The van der Waals surface area contributed by atoms with E-state index < -0.39 is 0 Å². The minimum absolute atomic E-state index is 0. The van der Waals surface area contributed by atoms with E-state index >= 15 is 0 Å². The first kappa shape index (κ1) is 23.7. The Bertz CT molecular complexity index is 756. The molecular weight excluding hydrogens is 467 g/mol. The second kappa shape index (κ2) is 11.5. The summed E-state index contributed by atoms with van der Waals surface area (Å²) in [4.78, 5) is 16.0. The van der Waals surface area contributed by atoms with Crippen LogP contribution in [0.5, 0.6) is 11.5 Å². The maximum Gasteiger partial charge on any atom is 0.239 e. The maximum absolute atomic E-state index is 11.9. The Morgan fingerprint density at radius 3 is 2.14 bits per heavy atom. The highest BCUT2D eigenvalue weighted by Gasteiger charge is 2.13. The third kappa shape index (κ3) is 9.07. The van der Waals surface area contributed by atoms with Crippen molar-refractivity contribution in [3.8, 4) is 11.5 Å². The van der Waals surface area contributed by atoms with Crippen molar-refractivity contribution < 1.29 is 9.53 Å². The molecule has 0 unspecified atom stereocenters. The molecule has 7 heteroatoms. The van der Waals surface area contributed by atoms with Gasteiger partial charge in [0.2, 0.25) is 5.91 Å². The van der Waals surface area contributed by atoms with Crippen LogP contribution < -0.4 is 20.7 Å². The number of nitrogens with one attached hydrogen (secondary N) is 3. The number of carbonyl (C=O) groups is 1. The van der Waals surface area contributed by atoms with Crippen LogP contribution in [0.2, 0.25) is 0 Å². The number of guanidine groups is 1. The lowest BCUT2D eigenvalue weighted by Crippen LogP contribution is -2.48. The minimum atomic E-state index is -0.251. The molecule has 2 aromatic carbocycles. The summed E-state index contributed by atoms with van der Waals surface area (Å²) in [5.41, 5.74) is 0.830. The Morgan fingerprint density at radius 2 is 1.57 bits per heavy atom. The summed E-state index contributed by atoms with van der Waals surface area (Å²) in [6.07, 6.45) is 0. The largest absolute Gasteiger partial charge is 0.457 e. The van der Waals surface area contributed by atoms with Gasteiger partial charge >= 0.3 is 0 Å². The second-order valence-corrected chi connectivity index (χ2v) is 7.14. The highest BCUT2D eigenvalue weighted by molar-refractivity contribution is 14.0. The molecule has 6 nitrogen and oxygen atoms in total. The lowest BCUT2D eigenvalue weighted by molar-refractivity contribution is -0.121. The van der Waals surface area contributed by atoms with Gasteiger partial charge in [-0.25, -0.2) is 0 Å². The average molecular weight is 496 g/mol. The Kier molecular flexibility index (Phi) is 9.78. The number of benzene rings is 2. The van der Waals surface area contributed by atoms with Gasteiger partial charge in [0.15, 0.2) is 5.96 Å². The maximum atomic E-state index is 11.9. The van der Waals surface area contributed by atoms with Gasteiger partial charge in [0.1, 0.15) is 11.5 Å². The Morgan fingerprint density at radius 1 is 0.964 bits per heavy atom. The van der Waals surface area contributed by atoms with E-state index in [1.54, 1.807) is 7.05 Å². The molecule has 0 aliphatic carbocycles. The number of ether oxygens (including phenoxy) is 1. The molecule has 0 spiro atoms. The highest BCUT2D eigenvalue weighted by atomic mass is 127. The van der Waals surface area contributed by atoms with Gasteiger partial charge in [0, 0.05) is 19.1 Å². The Hall–Kier alpha value is -2.29. The summed E-state index contributed by atoms with van der Waals surface area (Å²) in [5.74, 6) is 2.09. The first-order chi connectivity index (χ1) is 12.9. The van der Waals surface area contributed by atoms with E-state index in [9.17, 15) is 4.79 Å². The first-order valence-corrected chi connectivity index (χ1v) is 8.93. The fourth-order valence-electron chi connectivity index (χ4n) is 2.33. The van der Waals surface area contributed by atoms with Gasteiger partial charge in [0.05, 0.1) is 6.54 Å². The zero-order valence-corrected chi connectivity index (χ0v) is 19.1. The molecule has 0 heterocycles. The molecule has 0 bridgehead atoms. The number of carbonyl (C=O) groups excluding carboxylic acids is 1. The third-order valence-electron chi connectivity index (χ3n) is 3.52. The van der Waals surface area contributed by atoms with Crippen LogP contribution >= 0.6 is 24.0 Å². The summed E-state index contributed by atoms with van der Waals surface area (Å²) in [7, 11) is 1.67. The van der Waals surface area contributed by atoms with Gasteiger partial charge < -0.3 is 20.7 Å². The predicted octanol–water partition coefficient (Wildman–Crippen LogP) is 3.68. The molecule has 28 heavy (non-hydrogen) atoms.